The number of para-hydroxylation sites is 1. The van der Waals surface area contributed by atoms with Gasteiger partial charge in [-0.25, -0.2) is 0 Å². The molecule has 0 heterocycles. The van der Waals surface area contributed by atoms with Crippen LogP contribution in [-0.4, -0.2) is 25.1 Å². The fourth-order valence-electron chi connectivity index (χ4n) is 2.25. The Bertz CT molecular complexity index is 728. The van der Waals surface area contributed by atoms with Gasteiger partial charge in [0.15, 0.2) is 5.78 Å². The molecule has 0 spiro atoms. The van der Waals surface area contributed by atoms with Gasteiger partial charge < -0.3 is 10.1 Å². The molecule has 0 fully saturated rings. The molecule has 1 amide bonds. The van der Waals surface area contributed by atoms with Gasteiger partial charge in [-0.1, -0.05) is 12.1 Å². The van der Waals surface area contributed by atoms with Crippen molar-refractivity contribution in [2.75, 3.05) is 18.7 Å². The second kappa shape index (κ2) is 7.83. The largest absolute Gasteiger partial charge is 0.496 e. The lowest BCUT2D eigenvalue weighted by molar-refractivity contribution is -0.115. The highest BCUT2D eigenvalue weighted by molar-refractivity contribution is 7.98. The summed E-state index contributed by atoms with van der Waals surface area (Å²) in [5.41, 5.74) is 2.05. The van der Waals surface area contributed by atoms with Crippen LogP contribution in [0.3, 0.4) is 0 Å². The van der Waals surface area contributed by atoms with Crippen LogP contribution in [-0.2, 0) is 11.2 Å². The maximum absolute atomic E-state index is 12.3. The number of hydrogen-bond acceptors (Lipinski definition) is 4. The van der Waals surface area contributed by atoms with Crippen molar-refractivity contribution in [3.63, 3.8) is 0 Å². The van der Waals surface area contributed by atoms with Crippen LogP contribution in [0.2, 0.25) is 0 Å². The fraction of sp³-hybridized carbons (Fsp3) is 0.222. The molecule has 0 bridgehead atoms. The summed E-state index contributed by atoms with van der Waals surface area (Å²) >= 11 is 1.57. The first-order valence-electron chi connectivity index (χ1n) is 7.16. The minimum absolute atomic E-state index is 0.0398. The summed E-state index contributed by atoms with van der Waals surface area (Å²) in [5, 5.41) is 2.91. The second-order valence-electron chi connectivity index (χ2n) is 5.01. The molecule has 2 aromatic carbocycles. The Kier molecular flexibility index (Phi) is 5.82. The Labute approximate surface area is 140 Å². The average Bonchev–Trinajstić information content (AvgIpc) is 2.55. The van der Waals surface area contributed by atoms with E-state index in [9.17, 15) is 9.59 Å². The van der Waals surface area contributed by atoms with Gasteiger partial charge in [-0.3, -0.25) is 9.59 Å². The lowest BCUT2D eigenvalue weighted by atomic mass is 10.0. The van der Waals surface area contributed by atoms with Gasteiger partial charge in [0.2, 0.25) is 5.91 Å². The molecular weight excluding hydrogens is 310 g/mol. The summed E-state index contributed by atoms with van der Waals surface area (Å²) in [6, 6.07) is 12.8. The van der Waals surface area contributed by atoms with Crippen molar-refractivity contribution in [1.29, 1.82) is 0 Å². The van der Waals surface area contributed by atoms with E-state index in [4.69, 9.17) is 4.74 Å². The predicted molar refractivity (Wildman–Crippen MR) is 93.6 cm³/mol. The monoisotopic (exact) mass is 329 g/mol. The number of nitrogens with one attached hydrogen (secondary N) is 1. The van der Waals surface area contributed by atoms with Crippen molar-refractivity contribution in [3.05, 3.63) is 53.6 Å². The maximum Gasteiger partial charge on any atom is 0.228 e. The number of rotatable bonds is 6. The van der Waals surface area contributed by atoms with Crippen molar-refractivity contribution in [2.24, 2.45) is 0 Å². The topological polar surface area (TPSA) is 55.4 Å². The molecule has 0 aromatic heterocycles. The number of ether oxygens (including phenoxy) is 1. The SMILES string of the molecule is COc1ccc(C(C)=O)cc1CC(=O)Nc1ccccc1SC. The molecule has 4 nitrogen and oxygen atoms in total. The summed E-state index contributed by atoms with van der Waals surface area (Å²) in [5.74, 6) is 0.413. The summed E-state index contributed by atoms with van der Waals surface area (Å²) in [4.78, 5) is 24.9. The highest BCUT2D eigenvalue weighted by atomic mass is 32.2. The molecule has 0 aliphatic carbocycles. The Morgan fingerprint density at radius 2 is 1.91 bits per heavy atom. The minimum atomic E-state index is -0.148. The third kappa shape index (κ3) is 4.36. The van der Waals surface area contributed by atoms with Crippen molar-refractivity contribution in [1.82, 2.24) is 0 Å². The van der Waals surface area contributed by atoms with Gasteiger partial charge in [-0.15, -0.1) is 11.8 Å². The molecule has 5 heteroatoms. The van der Waals surface area contributed by atoms with Gasteiger partial charge in [0, 0.05) is 16.0 Å². The zero-order valence-corrected chi connectivity index (χ0v) is 14.2. The van der Waals surface area contributed by atoms with E-state index in [1.807, 2.05) is 30.5 Å². The van der Waals surface area contributed by atoms with E-state index in [1.165, 1.54) is 6.92 Å². The third-order valence-electron chi connectivity index (χ3n) is 3.42. The standard InChI is InChI=1S/C18H19NO3S/c1-12(20)13-8-9-16(22-2)14(10-13)11-18(21)19-15-6-4-5-7-17(15)23-3/h4-10H,11H2,1-3H3,(H,19,21). The zero-order chi connectivity index (χ0) is 16.8. The number of Topliss-reactive ketones (excluding diaryl/α,β-unsaturated/α-hetero) is 1. The molecule has 23 heavy (non-hydrogen) atoms. The number of carbonyl (C=O) groups excluding carboxylic acids is 2. The zero-order valence-electron chi connectivity index (χ0n) is 13.4. The number of thioether (sulfide) groups is 1. The molecule has 0 aliphatic heterocycles. The molecule has 2 rings (SSSR count). The van der Waals surface area contributed by atoms with Gasteiger partial charge >= 0.3 is 0 Å². The van der Waals surface area contributed by atoms with E-state index in [1.54, 1.807) is 37.1 Å². The van der Waals surface area contributed by atoms with Gasteiger partial charge in [-0.2, -0.15) is 0 Å². The van der Waals surface area contributed by atoms with Crippen molar-refractivity contribution >= 4 is 29.1 Å². The van der Waals surface area contributed by atoms with E-state index in [-0.39, 0.29) is 18.1 Å². The fourth-order valence-corrected chi connectivity index (χ4v) is 2.80. The molecule has 0 radical (unpaired) electrons. The lowest BCUT2D eigenvalue weighted by Gasteiger charge is -2.12. The van der Waals surface area contributed by atoms with Crippen LogP contribution in [0.25, 0.3) is 0 Å². The molecule has 0 saturated carbocycles. The van der Waals surface area contributed by atoms with E-state index in [0.29, 0.717) is 16.9 Å². The van der Waals surface area contributed by atoms with Gasteiger partial charge in [0.25, 0.3) is 0 Å². The number of hydrogen-bond donors (Lipinski definition) is 1. The Balaban J connectivity index is 2.19. The van der Waals surface area contributed by atoms with Gasteiger partial charge in [-0.05, 0) is 43.5 Å². The minimum Gasteiger partial charge on any atom is -0.496 e. The van der Waals surface area contributed by atoms with E-state index >= 15 is 0 Å². The molecule has 0 aliphatic rings. The smallest absolute Gasteiger partial charge is 0.228 e. The van der Waals surface area contributed by atoms with Crippen LogP contribution < -0.4 is 10.1 Å². The lowest BCUT2D eigenvalue weighted by Crippen LogP contribution is -2.15. The molecule has 120 valence electrons. The first-order valence-corrected chi connectivity index (χ1v) is 8.38. The van der Waals surface area contributed by atoms with Crippen molar-refractivity contribution < 1.29 is 14.3 Å². The summed E-state index contributed by atoms with van der Waals surface area (Å²) in [7, 11) is 1.55. The Morgan fingerprint density at radius 1 is 1.17 bits per heavy atom. The van der Waals surface area contributed by atoms with Gasteiger partial charge in [0.1, 0.15) is 5.75 Å². The quantitative estimate of drug-likeness (QED) is 0.647. The first-order chi connectivity index (χ1) is 11.0. The van der Waals surface area contributed by atoms with Crippen LogP contribution in [0.1, 0.15) is 22.8 Å². The molecular formula is C18H19NO3S. The van der Waals surface area contributed by atoms with E-state index < -0.39 is 0 Å². The van der Waals surface area contributed by atoms with Crippen LogP contribution in [0.4, 0.5) is 5.69 Å². The molecule has 0 saturated heterocycles. The first kappa shape index (κ1) is 17.1. The Morgan fingerprint density at radius 3 is 2.57 bits per heavy atom. The summed E-state index contributed by atoms with van der Waals surface area (Å²) < 4.78 is 5.28. The number of carbonyl (C=O) groups is 2. The van der Waals surface area contributed by atoms with Crippen LogP contribution in [0, 0.1) is 0 Å². The molecule has 2 aromatic rings. The summed E-state index contributed by atoms with van der Waals surface area (Å²) in [6.07, 6.45) is 2.11. The number of benzene rings is 2. The normalized spacial score (nSPS) is 10.2. The maximum atomic E-state index is 12.3. The van der Waals surface area contributed by atoms with Crippen molar-refractivity contribution in [3.8, 4) is 5.75 Å². The Hall–Kier alpha value is -2.27. The highest BCUT2D eigenvalue weighted by Gasteiger charge is 2.12. The average molecular weight is 329 g/mol. The third-order valence-corrected chi connectivity index (χ3v) is 4.21. The molecule has 1 N–H and O–H groups in total. The van der Waals surface area contributed by atoms with E-state index in [0.717, 1.165) is 10.6 Å². The van der Waals surface area contributed by atoms with Crippen LogP contribution in [0.5, 0.6) is 5.75 Å². The summed E-state index contributed by atoms with van der Waals surface area (Å²) in [6.45, 7) is 1.50. The number of amides is 1. The highest BCUT2D eigenvalue weighted by Crippen LogP contribution is 2.26. The van der Waals surface area contributed by atoms with E-state index in [2.05, 4.69) is 5.32 Å². The van der Waals surface area contributed by atoms with Crippen LogP contribution in [0.15, 0.2) is 47.4 Å². The van der Waals surface area contributed by atoms with Crippen molar-refractivity contribution in [2.45, 2.75) is 18.2 Å². The second-order valence-corrected chi connectivity index (χ2v) is 5.86. The number of anilines is 1. The molecule has 0 atom stereocenters. The number of methoxy groups -OCH3 is 1. The predicted octanol–water partition coefficient (Wildman–Crippen LogP) is 3.80. The van der Waals surface area contributed by atoms with Gasteiger partial charge in [0.05, 0.1) is 19.2 Å². The molecule has 0 unspecified atom stereocenters. The van der Waals surface area contributed by atoms with Crippen LogP contribution >= 0.6 is 11.8 Å². The number of ketones is 1.